The molecular weight excluding hydrogens is 168 g/mol. The van der Waals surface area contributed by atoms with Crippen molar-refractivity contribution in [1.82, 2.24) is 19.7 Å². The zero-order valence-electron chi connectivity index (χ0n) is 7.06. The Labute approximate surface area is 74.1 Å². The predicted molar refractivity (Wildman–Crippen MR) is 46.7 cm³/mol. The Balaban J connectivity index is 2.59. The van der Waals surface area contributed by atoms with Crippen molar-refractivity contribution in [3.63, 3.8) is 0 Å². The fourth-order valence-electron chi connectivity index (χ4n) is 1.14. The Hall–Kier alpha value is -1.91. The highest BCUT2D eigenvalue weighted by atomic mass is 16.1. The lowest BCUT2D eigenvalue weighted by Gasteiger charge is -2.01. The second-order valence-electron chi connectivity index (χ2n) is 2.66. The summed E-state index contributed by atoms with van der Waals surface area (Å²) in [6.07, 6.45) is 3.06. The van der Waals surface area contributed by atoms with Crippen LogP contribution in [0.4, 0.5) is 0 Å². The molecule has 5 nitrogen and oxygen atoms in total. The largest absolute Gasteiger partial charge is 0.268 e. The minimum atomic E-state index is -0.129. The highest BCUT2D eigenvalue weighted by Crippen LogP contribution is 2.01. The smallest absolute Gasteiger partial charge is 0.264 e. The number of aromatic amines is 1. The summed E-state index contributed by atoms with van der Waals surface area (Å²) < 4.78 is 1.62. The van der Waals surface area contributed by atoms with Crippen LogP contribution in [0.5, 0.6) is 0 Å². The third kappa shape index (κ3) is 1.35. The van der Waals surface area contributed by atoms with Gasteiger partial charge in [-0.15, -0.1) is 0 Å². The van der Waals surface area contributed by atoms with Gasteiger partial charge in [-0.2, -0.15) is 0 Å². The summed E-state index contributed by atoms with van der Waals surface area (Å²) in [5.74, 6) is 0.662. The summed E-state index contributed by atoms with van der Waals surface area (Å²) in [7, 11) is 0. The highest BCUT2D eigenvalue weighted by molar-refractivity contribution is 5.20. The van der Waals surface area contributed by atoms with E-state index in [4.69, 9.17) is 0 Å². The molecule has 2 rings (SSSR count). The average Bonchev–Trinajstić information content (AvgIpc) is 2.47. The molecular formula is C8H8N4O. The van der Waals surface area contributed by atoms with E-state index in [-0.39, 0.29) is 5.56 Å². The Morgan fingerprint density at radius 2 is 2.38 bits per heavy atom. The van der Waals surface area contributed by atoms with E-state index in [1.165, 1.54) is 12.4 Å². The van der Waals surface area contributed by atoms with E-state index in [2.05, 4.69) is 15.1 Å². The van der Waals surface area contributed by atoms with Gasteiger partial charge in [0.15, 0.2) is 5.82 Å². The van der Waals surface area contributed by atoms with Gasteiger partial charge >= 0.3 is 0 Å². The number of H-pyrrole nitrogens is 1. The molecule has 1 N–H and O–H groups in total. The fraction of sp³-hybridized carbons (Fsp3) is 0.125. The van der Waals surface area contributed by atoms with Crippen LogP contribution >= 0.6 is 0 Å². The van der Waals surface area contributed by atoms with Crippen LogP contribution in [0.3, 0.4) is 0 Å². The predicted octanol–water partition coefficient (Wildman–Crippen LogP) is 0.264. The van der Waals surface area contributed by atoms with E-state index in [1.54, 1.807) is 16.9 Å². The molecule has 0 aliphatic carbocycles. The van der Waals surface area contributed by atoms with Crippen molar-refractivity contribution < 1.29 is 0 Å². The number of hydrogen-bond acceptors (Lipinski definition) is 3. The Morgan fingerprint density at radius 1 is 1.54 bits per heavy atom. The molecule has 0 saturated carbocycles. The molecule has 2 aromatic heterocycles. The second kappa shape index (κ2) is 2.85. The third-order valence-corrected chi connectivity index (χ3v) is 1.71. The molecule has 0 aliphatic rings. The first-order chi connectivity index (χ1) is 6.27. The molecule has 5 heteroatoms. The second-order valence-corrected chi connectivity index (χ2v) is 2.66. The van der Waals surface area contributed by atoms with Crippen molar-refractivity contribution >= 4 is 0 Å². The molecule has 0 fully saturated rings. The molecule has 2 heterocycles. The SMILES string of the molecule is Cc1cc(=O)[nH]n1-c1ccncn1. The van der Waals surface area contributed by atoms with Crippen LogP contribution in [0.25, 0.3) is 5.82 Å². The molecule has 0 amide bonds. The molecule has 0 atom stereocenters. The summed E-state index contributed by atoms with van der Waals surface area (Å²) in [6.45, 7) is 1.83. The monoisotopic (exact) mass is 176 g/mol. The maximum absolute atomic E-state index is 11.0. The molecule has 0 saturated heterocycles. The number of aromatic nitrogens is 4. The van der Waals surface area contributed by atoms with Gasteiger partial charge in [0.2, 0.25) is 0 Å². The van der Waals surface area contributed by atoms with E-state index < -0.39 is 0 Å². The fourth-order valence-corrected chi connectivity index (χ4v) is 1.14. The molecule has 0 unspecified atom stereocenters. The normalized spacial score (nSPS) is 10.2. The lowest BCUT2D eigenvalue weighted by molar-refractivity contribution is 0.801. The minimum absolute atomic E-state index is 0.129. The first-order valence-electron chi connectivity index (χ1n) is 3.82. The van der Waals surface area contributed by atoms with Crippen LogP contribution in [0.15, 0.2) is 29.5 Å². The summed E-state index contributed by atoms with van der Waals surface area (Å²) in [5.41, 5.74) is 0.694. The standard InChI is InChI=1S/C8H8N4O/c1-6-4-8(13)11-12(6)7-2-3-9-5-10-7/h2-5H,1H3,(H,11,13). The number of nitrogens with zero attached hydrogens (tertiary/aromatic N) is 3. The molecule has 0 bridgehead atoms. The van der Waals surface area contributed by atoms with Crippen LogP contribution in [0.2, 0.25) is 0 Å². The van der Waals surface area contributed by atoms with E-state index in [0.29, 0.717) is 5.82 Å². The van der Waals surface area contributed by atoms with Crippen molar-refractivity contribution in [3.05, 3.63) is 40.7 Å². The van der Waals surface area contributed by atoms with Crippen molar-refractivity contribution in [2.75, 3.05) is 0 Å². The van der Waals surface area contributed by atoms with Gasteiger partial charge in [-0.3, -0.25) is 9.89 Å². The van der Waals surface area contributed by atoms with Gasteiger partial charge in [0, 0.05) is 24.0 Å². The molecule has 0 aliphatic heterocycles. The number of rotatable bonds is 1. The number of aryl methyl sites for hydroxylation is 1. The lowest BCUT2D eigenvalue weighted by atomic mass is 10.5. The summed E-state index contributed by atoms with van der Waals surface area (Å²) in [4.78, 5) is 18.8. The topological polar surface area (TPSA) is 63.6 Å². The van der Waals surface area contributed by atoms with Crippen molar-refractivity contribution in [3.8, 4) is 5.82 Å². The highest BCUT2D eigenvalue weighted by Gasteiger charge is 2.01. The van der Waals surface area contributed by atoms with Crippen LogP contribution in [-0.2, 0) is 0 Å². The van der Waals surface area contributed by atoms with Crippen molar-refractivity contribution in [1.29, 1.82) is 0 Å². The van der Waals surface area contributed by atoms with Crippen LogP contribution in [0, 0.1) is 6.92 Å². The first kappa shape index (κ1) is 7.72. The number of hydrogen-bond donors (Lipinski definition) is 1. The Morgan fingerprint density at radius 3 is 2.92 bits per heavy atom. The van der Waals surface area contributed by atoms with Crippen LogP contribution < -0.4 is 5.56 Å². The maximum atomic E-state index is 11.0. The zero-order chi connectivity index (χ0) is 9.26. The van der Waals surface area contributed by atoms with Crippen LogP contribution in [0.1, 0.15) is 5.69 Å². The van der Waals surface area contributed by atoms with E-state index in [1.807, 2.05) is 6.92 Å². The first-order valence-corrected chi connectivity index (χ1v) is 3.82. The van der Waals surface area contributed by atoms with Crippen molar-refractivity contribution in [2.24, 2.45) is 0 Å². The van der Waals surface area contributed by atoms with Gasteiger partial charge in [0.25, 0.3) is 5.56 Å². The lowest BCUT2D eigenvalue weighted by Crippen LogP contribution is -2.05. The zero-order valence-corrected chi connectivity index (χ0v) is 7.06. The van der Waals surface area contributed by atoms with Gasteiger partial charge in [0.1, 0.15) is 6.33 Å². The van der Waals surface area contributed by atoms with Gasteiger partial charge < -0.3 is 0 Å². The van der Waals surface area contributed by atoms with Gasteiger partial charge in [-0.05, 0) is 6.92 Å². The maximum Gasteiger partial charge on any atom is 0.264 e. The molecule has 0 aromatic carbocycles. The molecule has 2 aromatic rings. The Kier molecular flexibility index (Phi) is 1.70. The molecule has 66 valence electrons. The van der Waals surface area contributed by atoms with Gasteiger partial charge in [0.05, 0.1) is 0 Å². The summed E-state index contributed by atoms with van der Waals surface area (Å²) in [5, 5.41) is 2.63. The van der Waals surface area contributed by atoms with Crippen LogP contribution in [-0.4, -0.2) is 19.7 Å². The number of nitrogens with one attached hydrogen (secondary N) is 1. The minimum Gasteiger partial charge on any atom is -0.268 e. The van der Waals surface area contributed by atoms with Crippen molar-refractivity contribution in [2.45, 2.75) is 6.92 Å². The summed E-state index contributed by atoms with van der Waals surface area (Å²) >= 11 is 0. The van der Waals surface area contributed by atoms with Gasteiger partial charge in [-0.1, -0.05) is 0 Å². The van der Waals surface area contributed by atoms with E-state index in [9.17, 15) is 4.79 Å². The molecule has 13 heavy (non-hydrogen) atoms. The molecule has 0 spiro atoms. The Bertz CT molecular complexity index is 456. The summed E-state index contributed by atoms with van der Waals surface area (Å²) in [6, 6.07) is 3.24. The van der Waals surface area contributed by atoms with E-state index >= 15 is 0 Å². The molecule has 0 radical (unpaired) electrons. The quantitative estimate of drug-likeness (QED) is 0.678. The van der Waals surface area contributed by atoms with E-state index in [0.717, 1.165) is 5.69 Å². The average molecular weight is 176 g/mol. The third-order valence-electron chi connectivity index (χ3n) is 1.71. The van der Waals surface area contributed by atoms with Gasteiger partial charge in [-0.25, -0.2) is 14.6 Å².